The van der Waals surface area contributed by atoms with Gasteiger partial charge in [-0.15, -0.1) is 11.3 Å². The maximum absolute atomic E-state index is 6.25. The van der Waals surface area contributed by atoms with Crippen molar-refractivity contribution in [2.24, 2.45) is 11.7 Å². The first-order chi connectivity index (χ1) is 8.97. The molecule has 0 saturated carbocycles. The minimum absolute atomic E-state index is 0.218. The number of halogens is 2. The molecule has 0 bridgehead atoms. The van der Waals surface area contributed by atoms with Crippen LogP contribution in [0.3, 0.4) is 0 Å². The van der Waals surface area contributed by atoms with Crippen molar-refractivity contribution in [3.63, 3.8) is 0 Å². The predicted molar refractivity (Wildman–Crippen MR) is 85.4 cm³/mol. The quantitative estimate of drug-likeness (QED) is 0.814. The van der Waals surface area contributed by atoms with Crippen LogP contribution in [0.25, 0.3) is 0 Å². The fourth-order valence-electron chi connectivity index (χ4n) is 2.08. The second-order valence-electron chi connectivity index (χ2n) is 5.10. The Labute approximate surface area is 128 Å². The third kappa shape index (κ3) is 3.73. The van der Waals surface area contributed by atoms with Gasteiger partial charge in [0, 0.05) is 5.56 Å². The highest BCUT2D eigenvalue weighted by atomic mass is 35.5. The van der Waals surface area contributed by atoms with Crippen molar-refractivity contribution >= 4 is 34.5 Å². The van der Waals surface area contributed by atoms with Crippen molar-refractivity contribution in [2.75, 3.05) is 0 Å². The van der Waals surface area contributed by atoms with Crippen LogP contribution < -0.4 is 5.73 Å². The maximum Gasteiger partial charge on any atom is 0.0995 e. The van der Waals surface area contributed by atoms with E-state index in [4.69, 9.17) is 28.9 Å². The Kier molecular flexibility index (Phi) is 4.91. The smallest absolute Gasteiger partial charge is 0.0995 e. The average Bonchev–Trinajstić information content (AvgIpc) is 2.68. The van der Waals surface area contributed by atoms with Gasteiger partial charge in [-0.1, -0.05) is 61.3 Å². The van der Waals surface area contributed by atoms with Crippen LogP contribution in [-0.4, -0.2) is 0 Å². The van der Waals surface area contributed by atoms with E-state index in [0.29, 0.717) is 14.6 Å². The van der Waals surface area contributed by atoms with E-state index in [0.717, 1.165) is 17.5 Å². The first kappa shape index (κ1) is 14.9. The van der Waals surface area contributed by atoms with Gasteiger partial charge in [0.2, 0.25) is 0 Å². The zero-order valence-corrected chi connectivity index (χ0v) is 13.3. The maximum atomic E-state index is 6.25. The van der Waals surface area contributed by atoms with Gasteiger partial charge in [0.25, 0.3) is 0 Å². The molecule has 19 heavy (non-hydrogen) atoms. The Morgan fingerprint density at radius 2 is 1.79 bits per heavy atom. The largest absolute Gasteiger partial charge is 0.320 e. The fourth-order valence-corrected chi connectivity index (χ4v) is 3.63. The van der Waals surface area contributed by atoms with Crippen LogP contribution in [0.1, 0.15) is 36.6 Å². The molecule has 2 aromatic rings. The Morgan fingerprint density at radius 1 is 1.16 bits per heavy atom. The van der Waals surface area contributed by atoms with Gasteiger partial charge in [-0.05, 0) is 29.5 Å². The lowest BCUT2D eigenvalue weighted by Gasteiger charge is -2.12. The van der Waals surface area contributed by atoms with E-state index in [2.05, 4.69) is 38.1 Å². The molecule has 2 rings (SSSR count). The predicted octanol–water partition coefficient (Wildman–Crippen LogP) is 5.30. The van der Waals surface area contributed by atoms with Gasteiger partial charge < -0.3 is 5.73 Å². The van der Waals surface area contributed by atoms with Crippen LogP contribution in [0, 0.1) is 5.92 Å². The minimum Gasteiger partial charge on any atom is -0.320 e. The van der Waals surface area contributed by atoms with Crippen LogP contribution in [0.2, 0.25) is 8.67 Å². The normalized spacial score (nSPS) is 12.9. The highest BCUT2D eigenvalue weighted by Gasteiger charge is 2.15. The molecule has 0 radical (unpaired) electrons. The van der Waals surface area contributed by atoms with Crippen LogP contribution in [-0.2, 0) is 6.42 Å². The Balaban J connectivity index is 2.20. The Hall–Kier alpha value is -0.540. The molecule has 0 saturated heterocycles. The molecular weight excluding hydrogens is 297 g/mol. The summed E-state index contributed by atoms with van der Waals surface area (Å²) in [7, 11) is 0. The lowest BCUT2D eigenvalue weighted by Crippen LogP contribution is -2.11. The number of rotatable bonds is 4. The molecule has 0 aliphatic carbocycles. The zero-order chi connectivity index (χ0) is 14.0. The van der Waals surface area contributed by atoms with E-state index in [1.165, 1.54) is 16.9 Å². The molecular formula is C15H17Cl2NS. The molecule has 102 valence electrons. The summed E-state index contributed by atoms with van der Waals surface area (Å²) in [6.07, 6.45) is 1.08. The standard InChI is InChI=1S/C15H17Cl2NS/c1-9(2)7-10-3-5-11(6-4-10)14(18)12-8-13(16)19-15(12)17/h3-6,8-9,14H,7,18H2,1-2H3. The average molecular weight is 314 g/mol. The number of benzene rings is 1. The summed E-state index contributed by atoms with van der Waals surface area (Å²) in [5.74, 6) is 0.657. The Bertz CT molecular complexity index is 546. The molecule has 2 N–H and O–H groups in total. The molecule has 1 atom stereocenters. The second-order valence-corrected chi connectivity index (χ2v) is 7.38. The summed E-state index contributed by atoms with van der Waals surface area (Å²) >= 11 is 13.5. The lowest BCUT2D eigenvalue weighted by molar-refractivity contribution is 0.647. The first-order valence-electron chi connectivity index (χ1n) is 6.26. The summed E-state index contributed by atoms with van der Waals surface area (Å²) in [5.41, 5.74) is 9.53. The monoisotopic (exact) mass is 313 g/mol. The fraction of sp³-hybridized carbons (Fsp3) is 0.333. The molecule has 1 unspecified atom stereocenters. The van der Waals surface area contributed by atoms with Gasteiger partial charge in [-0.2, -0.15) is 0 Å². The van der Waals surface area contributed by atoms with Crippen LogP contribution >= 0.6 is 34.5 Å². The van der Waals surface area contributed by atoms with Gasteiger partial charge in [0.05, 0.1) is 14.7 Å². The molecule has 1 nitrogen and oxygen atoms in total. The first-order valence-corrected chi connectivity index (χ1v) is 7.83. The molecule has 1 heterocycles. The van der Waals surface area contributed by atoms with E-state index < -0.39 is 0 Å². The molecule has 0 aliphatic rings. The molecule has 0 aliphatic heterocycles. The van der Waals surface area contributed by atoms with E-state index in [1.54, 1.807) is 0 Å². The van der Waals surface area contributed by atoms with Crippen molar-refractivity contribution in [1.82, 2.24) is 0 Å². The second kappa shape index (κ2) is 6.27. The van der Waals surface area contributed by atoms with Crippen molar-refractivity contribution in [3.8, 4) is 0 Å². The lowest BCUT2D eigenvalue weighted by atomic mass is 9.97. The van der Waals surface area contributed by atoms with E-state index >= 15 is 0 Å². The van der Waals surface area contributed by atoms with Crippen LogP contribution in [0.15, 0.2) is 30.3 Å². The number of thiophene rings is 1. The SMILES string of the molecule is CC(C)Cc1ccc(C(N)c2cc(Cl)sc2Cl)cc1. The van der Waals surface area contributed by atoms with Crippen LogP contribution in [0.4, 0.5) is 0 Å². The van der Waals surface area contributed by atoms with Crippen molar-refractivity contribution in [1.29, 1.82) is 0 Å². The highest BCUT2D eigenvalue weighted by Crippen LogP contribution is 2.36. The highest BCUT2D eigenvalue weighted by molar-refractivity contribution is 7.20. The number of hydrogen-bond donors (Lipinski definition) is 1. The summed E-state index contributed by atoms with van der Waals surface area (Å²) in [6, 6.07) is 10.0. The number of nitrogens with two attached hydrogens (primary N) is 1. The van der Waals surface area contributed by atoms with Gasteiger partial charge in [-0.3, -0.25) is 0 Å². The van der Waals surface area contributed by atoms with Crippen molar-refractivity contribution < 1.29 is 0 Å². The van der Waals surface area contributed by atoms with Crippen molar-refractivity contribution in [3.05, 3.63) is 55.7 Å². The summed E-state index contributed by atoms with van der Waals surface area (Å²) in [5, 5.41) is 0. The van der Waals surface area contributed by atoms with Gasteiger partial charge in [-0.25, -0.2) is 0 Å². The third-order valence-corrected chi connectivity index (χ3v) is 4.52. The molecule has 1 aromatic heterocycles. The van der Waals surface area contributed by atoms with E-state index in [-0.39, 0.29) is 6.04 Å². The Morgan fingerprint density at radius 3 is 2.26 bits per heavy atom. The molecule has 1 aromatic carbocycles. The molecule has 4 heteroatoms. The number of hydrogen-bond acceptors (Lipinski definition) is 2. The zero-order valence-electron chi connectivity index (χ0n) is 11.0. The van der Waals surface area contributed by atoms with Gasteiger partial charge in [0.1, 0.15) is 0 Å². The summed E-state index contributed by atoms with van der Waals surface area (Å²) < 4.78 is 1.34. The summed E-state index contributed by atoms with van der Waals surface area (Å²) in [4.78, 5) is 0. The van der Waals surface area contributed by atoms with Gasteiger partial charge in [0.15, 0.2) is 0 Å². The van der Waals surface area contributed by atoms with Crippen LogP contribution in [0.5, 0.6) is 0 Å². The summed E-state index contributed by atoms with van der Waals surface area (Å²) in [6.45, 7) is 4.43. The molecule has 0 amide bonds. The van der Waals surface area contributed by atoms with E-state index in [9.17, 15) is 0 Å². The van der Waals surface area contributed by atoms with Crippen molar-refractivity contribution in [2.45, 2.75) is 26.3 Å². The van der Waals surface area contributed by atoms with Gasteiger partial charge >= 0.3 is 0 Å². The molecule has 0 fully saturated rings. The minimum atomic E-state index is -0.218. The third-order valence-electron chi connectivity index (χ3n) is 3.00. The topological polar surface area (TPSA) is 26.0 Å². The van der Waals surface area contributed by atoms with E-state index in [1.807, 2.05) is 6.07 Å². The molecule has 0 spiro atoms.